The van der Waals surface area contributed by atoms with E-state index >= 15 is 0 Å². The molecule has 13 nitrogen and oxygen atoms in total. The van der Waals surface area contributed by atoms with Crippen molar-refractivity contribution in [2.75, 3.05) is 27.7 Å². The monoisotopic (exact) mass is 568 g/mol. The van der Waals surface area contributed by atoms with Gasteiger partial charge in [0.25, 0.3) is 5.91 Å². The third-order valence-electron chi connectivity index (χ3n) is 7.57. The number of aliphatic hydroxyl groups is 3. The fraction of sp³-hybridized carbons (Fsp3) is 0.667. The number of hydrogen-bond donors (Lipinski definition) is 6. The topological polar surface area (TPSA) is 195 Å². The fourth-order valence-electron chi connectivity index (χ4n) is 5.53. The van der Waals surface area contributed by atoms with Gasteiger partial charge in [-0.05, 0) is 51.1 Å². The lowest BCUT2D eigenvalue weighted by atomic mass is 9.70. The van der Waals surface area contributed by atoms with Gasteiger partial charge in [-0.2, -0.15) is 0 Å². The van der Waals surface area contributed by atoms with Crippen molar-refractivity contribution in [3.8, 4) is 5.75 Å². The maximum absolute atomic E-state index is 13.0. The van der Waals surface area contributed by atoms with Gasteiger partial charge in [0.15, 0.2) is 12.4 Å². The second kappa shape index (κ2) is 13.7. The molecule has 40 heavy (non-hydrogen) atoms. The number of amides is 1. The molecule has 224 valence electrons. The standard InChI is InChI=1S/C27H40N2O11/c1-29(2)14-16-7-4-5-12-27(16,15-8-6-9-17(13-15)38-3)40-26-22(34)20(32)21(33)23(39-26)24(35)28-18(25(36)37)10-11-19(30)31/h6,8-9,13,16,18,20-23,26,32-34H,4-5,7,10-12,14H2,1-3H3,(H,28,35)(H,30,31)(H,36,37). The molecule has 1 aromatic carbocycles. The zero-order chi connectivity index (χ0) is 29.6. The minimum absolute atomic E-state index is 0.0807. The van der Waals surface area contributed by atoms with Crippen molar-refractivity contribution in [3.63, 3.8) is 0 Å². The normalized spacial score (nSPS) is 31.4. The second-order valence-electron chi connectivity index (χ2n) is 10.7. The van der Waals surface area contributed by atoms with E-state index in [9.17, 15) is 34.8 Å². The summed E-state index contributed by atoms with van der Waals surface area (Å²) in [6.07, 6.45) is -6.71. The molecule has 3 rings (SSSR count). The number of aliphatic carboxylic acids is 2. The van der Waals surface area contributed by atoms with Crippen LogP contribution in [0.1, 0.15) is 44.1 Å². The average molecular weight is 569 g/mol. The van der Waals surface area contributed by atoms with Crippen molar-refractivity contribution < 1.29 is 54.1 Å². The van der Waals surface area contributed by atoms with Gasteiger partial charge in [0.05, 0.1) is 7.11 Å². The van der Waals surface area contributed by atoms with Crippen LogP contribution in [0.15, 0.2) is 24.3 Å². The number of methoxy groups -OCH3 is 1. The summed E-state index contributed by atoms with van der Waals surface area (Å²) in [5.74, 6) is -3.30. The van der Waals surface area contributed by atoms with Crippen LogP contribution in [0.3, 0.4) is 0 Å². The highest BCUT2D eigenvalue weighted by Crippen LogP contribution is 2.47. The number of carbonyl (C=O) groups is 3. The van der Waals surface area contributed by atoms with E-state index < -0.39 is 73.0 Å². The molecule has 1 saturated heterocycles. The molecule has 1 aliphatic heterocycles. The third-order valence-corrected chi connectivity index (χ3v) is 7.57. The molecule has 8 atom stereocenters. The number of hydrogen-bond acceptors (Lipinski definition) is 10. The number of rotatable bonds is 12. The molecule has 0 aromatic heterocycles. The average Bonchev–Trinajstić information content (AvgIpc) is 2.91. The zero-order valence-electron chi connectivity index (χ0n) is 22.9. The number of carboxylic acids is 2. The highest BCUT2D eigenvalue weighted by Gasteiger charge is 2.53. The first-order valence-corrected chi connectivity index (χ1v) is 13.3. The van der Waals surface area contributed by atoms with Crippen molar-refractivity contribution in [3.05, 3.63) is 29.8 Å². The molecule has 0 radical (unpaired) electrons. The van der Waals surface area contributed by atoms with Gasteiger partial charge in [0, 0.05) is 18.9 Å². The number of ether oxygens (including phenoxy) is 3. The smallest absolute Gasteiger partial charge is 0.326 e. The molecule has 13 heteroatoms. The van der Waals surface area contributed by atoms with Crippen LogP contribution in [-0.4, -0.2) is 113 Å². The number of aliphatic hydroxyl groups excluding tert-OH is 3. The Balaban J connectivity index is 1.93. The molecular weight excluding hydrogens is 528 g/mol. The van der Waals surface area contributed by atoms with Gasteiger partial charge in [-0.15, -0.1) is 0 Å². The van der Waals surface area contributed by atoms with E-state index in [-0.39, 0.29) is 5.92 Å². The van der Waals surface area contributed by atoms with Crippen molar-refractivity contribution in [1.82, 2.24) is 10.2 Å². The Hall–Kier alpha value is -2.81. The number of carbonyl (C=O) groups excluding carboxylic acids is 1. The molecule has 0 bridgehead atoms. The molecule has 1 aliphatic carbocycles. The Bertz CT molecular complexity index is 1040. The predicted molar refractivity (Wildman–Crippen MR) is 139 cm³/mol. The largest absolute Gasteiger partial charge is 0.497 e. The summed E-state index contributed by atoms with van der Waals surface area (Å²) in [5, 5.41) is 52.6. The van der Waals surface area contributed by atoms with E-state index in [0.717, 1.165) is 24.8 Å². The van der Waals surface area contributed by atoms with Crippen molar-refractivity contribution >= 4 is 17.8 Å². The predicted octanol–water partition coefficient (Wildman–Crippen LogP) is -0.0993. The molecular formula is C27H40N2O11. The first kappa shape index (κ1) is 31.7. The summed E-state index contributed by atoms with van der Waals surface area (Å²) >= 11 is 0. The lowest BCUT2D eigenvalue weighted by Gasteiger charge is -2.49. The van der Waals surface area contributed by atoms with E-state index in [1.807, 2.05) is 37.2 Å². The summed E-state index contributed by atoms with van der Waals surface area (Å²) in [4.78, 5) is 37.5. The van der Waals surface area contributed by atoms with Crippen LogP contribution in [0.25, 0.3) is 0 Å². The second-order valence-corrected chi connectivity index (χ2v) is 10.7. The van der Waals surface area contributed by atoms with Gasteiger partial charge in [-0.25, -0.2) is 4.79 Å². The number of nitrogens with zero attached hydrogens (tertiary/aromatic N) is 1. The zero-order valence-corrected chi connectivity index (χ0v) is 22.9. The van der Waals surface area contributed by atoms with Gasteiger partial charge in [-0.1, -0.05) is 25.0 Å². The quantitative estimate of drug-likeness (QED) is 0.196. The van der Waals surface area contributed by atoms with Crippen LogP contribution >= 0.6 is 0 Å². The molecule has 8 unspecified atom stereocenters. The Kier molecular flexibility index (Phi) is 10.9. The maximum Gasteiger partial charge on any atom is 0.326 e. The molecule has 2 fully saturated rings. The van der Waals surface area contributed by atoms with Crippen LogP contribution in [0.5, 0.6) is 5.75 Å². The van der Waals surface area contributed by atoms with Crippen molar-refractivity contribution in [2.24, 2.45) is 5.92 Å². The molecule has 1 aromatic rings. The van der Waals surface area contributed by atoms with E-state index in [1.165, 1.54) is 0 Å². The molecule has 2 aliphatic rings. The minimum atomic E-state index is -1.90. The summed E-state index contributed by atoms with van der Waals surface area (Å²) in [7, 11) is 5.40. The van der Waals surface area contributed by atoms with Gasteiger partial charge < -0.3 is 50.0 Å². The van der Waals surface area contributed by atoms with Crippen LogP contribution in [0.4, 0.5) is 0 Å². The van der Waals surface area contributed by atoms with E-state index in [4.69, 9.17) is 19.3 Å². The Morgan fingerprint density at radius 2 is 1.85 bits per heavy atom. The number of nitrogens with one attached hydrogen (secondary N) is 1. The first-order chi connectivity index (χ1) is 18.9. The van der Waals surface area contributed by atoms with E-state index in [2.05, 4.69) is 5.32 Å². The summed E-state index contributed by atoms with van der Waals surface area (Å²) < 4.78 is 17.8. The maximum atomic E-state index is 13.0. The summed E-state index contributed by atoms with van der Waals surface area (Å²) in [6.45, 7) is 0.624. The molecule has 1 heterocycles. The lowest BCUT2D eigenvalue weighted by molar-refractivity contribution is -0.331. The fourth-order valence-corrected chi connectivity index (χ4v) is 5.53. The van der Waals surface area contributed by atoms with Crippen LogP contribution in [0.2, 0.25) is 0 Å². The minimum Gasteiger partial charge on any atom is -0.497 e. The number of benzene rings is 1. The Morgan fingerprint density at radius 3 is 2.48 bits per heavy atom. The van der Waals surface area contributed by atoms with Gasteiger partial charge >= 0.3 is 11.9 Å². The van der Waals surface area contributed by atoms with E-state index in [0.29, 0.717) is 18.7 Å². The first-order valence-electron chi connectivity index (χ1n) is 13.3. The highest BCUT2D eigenvalue weighted by molar-refractivity contribution is 5.87. The summed E-state index contributed by atoms with van der Waals surface area (Å²) in [5.41, 5.74) is -0.257. The highest BCUT2D eigenvalue weighted by atomic mass is 16.7. The molecule has 0 spiro atoms. The van der Waals surface area contributed by atoms with Crippen LogP contribution < -0.4 is 10.1 Å². The Morgan fingerprint density at radius 1 is 1.12 bits per heavy atom. The molecule has 6 N–H and O–H groups in total. The summed E-state index contributed by atoms with van der Waals surface area (Å²) in [6, 6.07) is 5.74. The third kappa shape index (κ3) is 7.28. The lowest BCUT2D eigenvalue weighted by Crippen LogP contribution is -2.64. The van der Waals surface area contributed by atoms with Crippen molar-refractivity contribution in [1.29, 1.82) is 0 Å². The molecule has 1 saturated carbocycles. The Labute approximate surface area is 232 Å². The van der Waals surface area contributed by atoms with E-state index in [1.54, 1.807) is 13.2 Å². The SMILES string of the molecule is COc1cccc(C2(OC3OC(C(=O)NC(CCC(=O)O)C(=O)O)C(O)C(O)C3O)CCCCC2CN(C)C)c1. The van der Waals surface area contributed by atoms with Gasteiger partial charge in [0.2, 0.25) is 0 Å². The number of carboxylic acid groups (broad SMARTS) is 2. The van der Waals surface area contributed by atoms with Gasteiger partial charge in [-0.3, -0.25) is 9.59 Å². The van der Waals surface area contributed by atoms with Gasteiger partial charge in [0.1, 0.15) is 35.7 Å². The van der Waals surface area contributed by atoms with Crippen LogP contribution in [-0.2, 0) is 29.5 Å². The van der Waals surface area contributed by atoms with Crippen molar-refractivity contribution in [2.45, 2.75) is 80.9 Å². The van der Waals surface area contributed by atoms with Crippen LogP contribution in [0, 0.1) is 5.92 Å². The molecule has 1 amide bonds.